The van der Waals surface area contributed by atoms with Crippen molar-refractivity contribution in [2.24, 2.45) is 5.92 Å². The molecule has 0 spiro atoms. The molecule has 1 heterocycles. The summed E-state index contributed by atoms with van der Waals surface area (Å²) in [5.41, 5.74) is 7.58. The summed E-state index contributed by atoms with van der Waals surface area (Å²) in [6, 6.07) is 9.31. The quantitative estimate of drug-likeness (QED) is 0.474. The monoisotopic (exact) mass is 408 g/mol. The van der Waals surface area contributed by atoms with Crippen molar-refractivity contribution in [2.75, 3.05) is 5.75 Å². The van der Waals surface area contributed by atoms with E-state index in [4.69, 9.17) is 0 Å². The minimum absolute atomic E-state index is 0.689. The van der Waals surface area contributed by atoms with Crippen LogP contribution >= 0.6 is 27.7 Å². The van der Waals surface area contributed by atoms with Crippen LogP contribution in [0, 0.1) is 5.92 Å². The topological polar surface area (TPSA) is 0 Å². The van der Waals surface area contributed by atoms with Crippen LogP contribution in [0.5, 0.6) is 0 Å². The van der Waals surface area contributed by atoms with E-state index in [1.807, 2.05) is 11.8 Å². The molecule has 1 atom stereocenters. The maximum atomic E-state index is 3.81. The first kappa shape index (κ1) is 16.0. The molecule has 0 fully saturated rings. The molecule has 2 aromatic carbocycles. The number of halogens is 1. The Hall–Kier alpha value is -1.25. The lowest BCUT2D eigenvalue weighted by molar-refractivity contribution is 0.677. The van der Waals surface area contributed by atoms with Crippen molar-refractivity contribution >= 4 is 48.9 Å². The van der Waals surface area contributed by atoms with Crippen molar-refractivity contribution in [2.45, 2.75) is 32.6 Å². The molecule has 126 valence electrons. The first-order chi connectivity index (χ1) is 12.2. The first-order valence-corrected chi connectivity index (χ1v) is 11.0. The number of allylic oxidation sites excluding steroid dienone is 5. The maximum absolute atomic E-state index is 3.81. The third-order valence-corrected chi connectivity index (χ3v) is 7.50. The zero-order chi connectivity index (χ0) is 17.0. The van der Waals surface area contributed by atoms with Gasteiger partial charge in [0.15, 0.2) is 0 Å². The number of fused-ring (bicyclic) bond motifs is 4. The van der Waals surface area contributed by atoms with Gasteiger partial charge in [-0.25, -0.2) is 0 Å². The number of hydrogen-bond acceptors (Lipinski definition) is 1. The highest BCUT2D eigenvalue weighted by Gasteiger charge is 2.24. The van der Waals surface area contributed by atoms with E-state index in [1.54, 1.807) is 11.1 Å². The van der Waals surface area contributed by atoms with Gasteiger partial charge in [-0.05, 0) is 65.1 Å². The normalized spacial score (nSPS) is 22.2. The Bertz CT molecular complexity index is 977. The highest BCUT2D eigenvalue weighted by atomic mass is 79.9. The molecule has 0 amide bonds. The summed E-state index contributed by atoms with van der Waals surface area (Å²) in [4.78, 5) is 1.44. The van der Waals surface area contributed by atoms with Gasteiger partial charge in [-0.2, -0.15) is 0 Å². The van der Waals surface area contributed by atoms with Crippen LogP contribution in [0.15, 0.2) is 52.5 Å². The van der Waals surface area contributed by atoms with Crippen molar-refractivity contribution in [1.82, 2.24) is 0 Å². The van der Waals surface area contributed by atoms with E-state index in [9.17, 15) is 0 Å². The minimum Gasteiger partial charge on any atom is -0.125 e. The fourth-order valence-corrected chi connectivity index (χ4v) is 6.29. The summed E-state index contributed by atoms with van der Waals surface area (Å²) in [6.45, 7) is 2.33. The molecule has 0 saturated carbocycles. The molecule has 0 radical (unpaired) electrons. The van der Waals surface area contributed by atoms with E-state index >= 15 is 0 Å². The number of aryl methyl sites for hydroxylation is 1. The Morgan fingerprint density at radius 1 is 1.08 bits per heavy atom. The first-order valence-electron chi connectivity index (χ1n) is 9.20. The van der Waals surface area contributed by atoms with Gasteiger partial charge in [-0.3, -0.25) is 0 Å². The fraction of sp³-hybridized carbons (Fsp3) is 0.304. The summed E-state index contributed by atoms with van der Waals surface area (Å²) in [6.07, 6.45) is 12.0. The van der Waals surface area contributed by atoms with E-state index < -0.39 is 0 Å². The highest BCUT2D eigenvalue weighted by molar-refractivity contribution is 9.10. The molecule has 0 aromatic heterocycles. The maximum Gasteiger partial charge on any atom is 0.0265 e. The molecular formula is C23H21BrS. The molecule has 2 aliphatic carbocycles. The molecule has 5 rings (SSSR count). The fourth-order valence-electron chi connectivity index (χ4n) is 4.54. The minimum atomic E-state index is 0.689. The van der Waals surface area contributed by atoms with Crippen molar-refractivity contribution < 1.29 is 0 Å². The second-order valence-electron chi connectivity index (χ2n) is 7.37. The van der Waals surface area contributed by atoms with Crippen LogP contribution in [-0.4, -0.2) is 5.75 Å². The molecule has 1 unspecified atom stereocenters. The Labute approximate surface area is 162 Å². The Balaban J connectivity index is 1.74. The summed E-state index contributed by atoms with van der Waals surface area (Å²) in [5, 5.41) is 2.86. The van der Waals surface area contributed by atoms with E-state index in [-0.39, 0.29) is 0 Å². The van der Waals surface area contributed by atoms with E-state index in [2.05, 4.69) is 65.3 Å². The van der Waals surface area contributed by atoms with Gasteiger partial charge in [0.05, 0.1) is 0 Å². The van der Waals surface area contributed by atoms with Crippen LogP contribution in [0.2, 0.25) is 0 Å². The molecule has 0 bridgehead atoms. The van der Waals surface area contributed by atoms with E-state index in [1.165, 1.54) is 68.3 Å². The summed E-state index contributed by atoms with van der Waals surface area (Å²) >= 11 is 5.80. The molecule has 25 heavy (non-hydrogen) atoms. The third kappa shape index (κ3) is 2.57. The van der Waals surface area contributed by atoms with E-state index in [0.29, 0.717) is 5.92 Å². The molecular weight excluding hydrogens is 388 g/mol. The summed E-state index contributed by atoms with van der Waals surface area (Å²) < 4.78 is 1.22. The number of rotatable bonds is 1. The van der Waals surface area contributed by atoms with Gasteiger partial charge in [-0.15, -0.1) is 11.8 Å². The van der Waals surface area contributed by atoms with Crippen molar-refractivity contribution in [3.8, 4) is 0 Å². The largest absolute Gasteiger partial charge is 0.125 e. The predicted octanol–water partition coefficient (Wildman–Crippen LogP) is 7.38. The van der Waals surface area contributed by atoms with Crippen molar-refractivity contribution in [1.29, 1.82) is 0 Å². The molecule has 3 aliphatic rings. The molecule has 0 N–H and O–H groups in total. The van der Waals surface area contributed by atoms with Gasteiger partial charge < -0.3 is 0 Å². The number of benzene rings is 2. The Morgan fingerprint density at radius 2 is 1.96 bits per heavy atom. The Kier molecular flexibility index (Phi) is 3.94. The standard InChI is InChI=1S/C23H21BrS/c1-14-4-6-16-15(13-14)5-7-18-17(16)8-9-20-19(18)10-11-21(24)23(20)22-3-2-12-25-22/h3-4,6,8-11,14H,2,5,7,12-13H2,1H3. The van der Waals surface area contributed by atoms with Crippen molar-refractivity contribution in [3.63, 3.8) is 0 Å². The Morgan fingerprint density at radius 3 is 2.80 bits per heavy atom. The van der Waals surface area contributed by atoms with Gasteiger partial charge >= 0.3 is 0 Å². The number of hydrogen-bond donors (Lipinski definition) is 0. The summed E-state index contributed by atoms with van der Waals surface area (Å²) in [7, 11) is 0. The zero-order valence-electron chi connectivity index (χ0n) is 14.4. The molecule has 0 nitrogen and oxygen atoms in total. The summed E-state index contributed by atoms with van der Waals surface area (Å²) in [5.74, 6) is 1.90. The second kappa shape index (κ2) is 6.17. The average Bonchev–Trinajstić information content (AvgIpc) is 3.14. The van der Waals surface area contributed by atoms with Crippen LogP contribution in [0.1, 0.15) is 42.9 Å². The van der Waals surface area contributed by atoms with Crippen LogP contribution in [0.4, 0.5) is 0 Å². The van der Waals surface area contributed by atoms with Crippen LogP contribution in [0.3, 0.4) is 0 Å². The van der Waals surface area contributed by atoms with Gasteiger partial charge in [0.1, 0.15) is 0 Å². The lowest BCUT2D eigenvalue weighted by Crippen LogP contribution is -2.10. The van der Waals surface area contributed by atoms with Crippen LogP contribution < -0.4 is 0 Å². The average molecular weight is 409 g/mol. The molecule has 0 saturated heterocycles. The van der Waals surface area contributed by atoms with Crippen LogP contribution in [0.25, 0.3) is 21.3 Å². The van der Waals surface area contributed by atoms with Gasteiger partial charge in [-0.1, -0.05) is 64.9 Å². The molecule has 2 heteroatoms. The smallest absolute Gasteiger partial charge is 0.0265 e. The van der Waals surface area contributed by atoms with Gasteiger partial charge in [0.2, 0.25) is 0 Å². The lowest BCUT2D eigenvalue weighted by atomic mass is 9.77. The van der Waals surface area contributed by atoms with Gasteiger partial charge in [0, 0.05) is 20.7 Å². The molecule has 1 aliphatic heterocycles. The van der Waals surface area contributed by atoms with Crippen molar-refractivity contribution in [3.05, 3.63) is 69.2 Å². The van der Waals surface area contributed by atoms with Crippen LogP contribution in [-0.2, 0) is 6.42 Å². The second-order valence-corrected chi connectivity index (χ2v) is 9.36. The lowest BCUT2D eigenvalue weighted by Gasteiger charge is -2.28. The number of thioether (sulfide) groups is 1. The predicted molar refractivity (Wildman–Crippen MR) is 115 cm³/mol. The third-order valence-electron chi connectivity index (χ3n) is 5.72. The zero-order valence-corrected chi connectivity index (χ0v) is 16.8. The highest BCUT2D eigenvalue weighted by Crippen LogP contribution is 2.45. The van der Waals surface area contributed by atoms with Gasteiger partial charge in [0.25, 0.3) is 0 Å². The SMILES string of the molecule is CC1C=CC2=C(CCc3c2ccc2c(C4=CCCS4)c(Br)ccc32)C1. The molecule has 2 aromatic rings. The van der Waals surface area contributed by atoms with E-state index in [0.717, 1.165) is 0 Å².